The van der Waals surface area contributed by atoms with E-state index in [-0.39, 0.29) is 0 Å². The number of hydrogen-bond acceptors (Lipinski definition) is 2. The number of nitrogens with zero attached hydrogens (tertiary/aromatic N) is 2. The lowest BCUT2D eigenvalue weighted by Gasteiger charge is -2.21. The molecule has 4 rings (SSSR count). The molecular formula is C24H26N2Si. The van der Waals surface area contributed by atoms with Crippen molar-refractivity contribution >= 4 is 34.9 Å². The van der Waals surface area contributed by atoms with Crippen LogP contribution >= 0.6 is 0 Å². The van der Waals surface area contributed by atoms with Crippen molar-refractivity contribution in [3.05, 3.63) is 65.5 Å². The van der Waals surface area contributed by atoms with Crippen LogP contribution in [0.2, 0.25) is 19.6 Å². The zero-order chi connectivity index (χ0) is 19.3. The third-order valence-corrected chi connectivity index (χ3v) is 7.49. The summed E-state index contributed by atoms with van der Waals surface area (Å²) in [5.41, 5.74) is 7.15. The van der Waals surface area contributed by atoms with Crippen molar-refractivity contribution in [2.45, 2.75) is 40.4 Å². The molecule has 0 aliphatic heterocycles. The first-order valence-electron chi connectivity index (χ1n) is 9.52. The van der Waals surface area contributed by atoms with Gasteiger partial charge in [0.15, 0.2) is 0 Å². The van der Waals surface area contributed by atoms with Gasteiger partial charge in [0.1, 0.15) is 0 Å². The topological polar surface area (TPSA) is 25.8 Å². The van der Waals surface area contributed by atoms with E-state index < -0.39 is 8.07 Å². The second kappa shape index (κ2) is 6.27. The maximum atomic E-state index is 4.90. The molecule has 3 heteroatoms. The summed E-state index contributed by atoms with van der Waals surface area (Å²) >= 11 is 0. The average Bonchev–Trinajstić information content (AvgIpc) is 2.59. The quantitative estimate of drug-likeness (QED) is 0.323. The lowest BCUT2D eigenvalue weighted by molar-refractivity contribution is 1.31. The zero-order valence-corrected chi connectivity index (χ0v) is 18.0. The minimum Gasteiger partial charge on any atom is -0.256 e. The Labute approximate surface area is 162 Å². The third-order valence-electron chi connectivity index (χ3n) is 5.34. The first-order chi connectivity index (χ1) is 12.8. The lowest BCUT2D eigenvalue weighted by Crippen LogP contribution is -2.39. The number of benzene rings is 2. The van der Waals surface area contributed by atoms with E-state index in [1.165, 1.54) is 32.6 Å². The molecule has 2 aromatic carbocycles. The highest BCUT2D eigenvalue weighted by atomic mass is 28.3. The number of pyridine rings is 2. The summed E-state index contributed by atoms with van der Waals surface area (Å²) in [7, 11) is -1.39. The van der Waals surface area contributed by atoms with Gasteiger partial charge < -0.3 is 0 Å². The Morgan fingerprint density at radius 2 is 1.44 bits per heavy atom. The molecule has 0 radical (unpaired) electrons. The predicted molar refractivity (Wildman–Crippen MR) is 120 cm³/mol. The first-order valence-corrected chi connectivity index (χ1v) is 13.0. The standard InChI is InChI=1S/C24H26N2Si/c1-15-11-16(2)13-18(12-15)24-21-14-26-23-17(3)22(27(4,5)6)8-7-20(23)19(21)9-10-25-24/h7-14H,1-6H3. The Morgan fingerprint density at radius 3 is 2.11 bits per heavy atom. The summed E-state index contributed by atoms with van der Waals surface area (Å²) in [6, 6.07) is 13.3. The van der Waals surface area contributed by atoms with Crippen molar-refractivity contribution in [2.24, 2.45) is 0 Å². The van der Waals surface area contributed by atoms with E-state index in [1.54, 1.807) is 0 Å². The summed E-state index contributed by atoms with van der Waals surface area (Å²) < 4.78 is 0. The fourth-order valence-corrected chi connectivity index (χ4v) is 6.03. The highest BCUT2D eigenvalue weighted by Gasteiger charge is 2.21. The Balaban J connectivity index is 2.03. The molecule has 2 aromatic heterocycles. The Bertz CT molecular complexity index is 1170. The van der Waals surface area contributed by atoms with Crippen LogP contribution in [0.1, 0.15) is 16.7 Å². The second-order valence-electron chi connectivity index (χ2n) is 8.64. The van der Waals surface area contributed by atoms with Gasteiger partial charge in [-0.15, -0.1) is 0 Å². The highest BCUT2D eigenvalue weighted by Crippen LogP contribution is 2.32. The SMILES string of the molecule is Cc1cc(C)cc(-c2nccc3c2cnc2c(C)c([Si](C)(C)C)ccc23)c1. The van der Waals surface area contributed by atoms with Gasteiger partial charge in [0.2, 0.25) is 0 Å². The van der Waals surface area contributed by atoms with Crippen LogP contribution in [0.3, 0.4) is 0 Å². The van der Waals surface area contributed by atoms with Crippen molar-refractivity contribution in [3.8, 4) is 11.3 Å². The van der Waals surface area contributed by atoms with Gasteiger partial charge in [-0.05, 0) is 49.9 Å². The molecule has 0 fully saturated rings. The molecule has 4 aromatic rings. The maximum Gasteiger partial charge on any atom is 0.0796 e. The molecule has 0 N–H and O–H groups in total. The van der Waals surface area contributed by atoms with Crippen LogP contribution in [0, 0.1) is 20.8 Å². The average molecular weight is 371 g/mol. The molecule has 0 aliphatic carbocycles. The summed E-state index contributed by atoms with van der Waals surface area (Å²) in [5, 5.41) is 5.06. The molecule has 0 saturated carbocycles. The normalized spacial score (nSPS) is 12.1. The molecule has 0 spiro atoms. The van der Waals surface area contributed by atoms with E-state index in [4.69, 9.17) is 9.97 Å². The fourth-order valence-electron chi connectivity index (χ4n) is 4.21. The van der Waals surface area contributed by atoms with E-state index >= 15 is 0 Å². The predicted octanol–water partition coefficient (Wildman–Crippen LogP) is 5.92. The van der Waals surface area contributed by atoms with Crippen LogP contribution in [0.15, 0.2) is 48.8 Å². The molecular weight excluding hydrogens is 344 g/mol. The summed E-state index contributed by atoms with van der Waals surface area (Å²) in [6.07, 6.45) is 3.94. The van der Waals surface area contributed by atoms with Crippen LogP contribution in [0.25, 0.3) is 32.9 Å². The monoisotopic (exact) mass is 370 g/mol. The van der Waals surface area contributed by atoms with E-state index in [0.29, 0.717) is 0 Å². The van der Waals surface area contributed by atoms with Crippen LogP contribution in [0.4, 0.5) is 0 Å². The summed E-state index contributed by atoms with van der Waals surface area (Å²) in [4.78, 5) is 9.61. The number of hydrogen-bond donors (Lipinski definition) is 0. The molecule has 0 amide bonds. The summed E-state index contributed by atoms with van der Waals surface area (Å²) in [6.45, 7) is 13.7. The van der Waals surface area contributed by atoms with Gasteiger partial charge in [-0.2, -0.15) is 0 Å². The molecule has 0 unspecified atom stereocenters. The zero-order valence-electron chi connectivity index (χ0n) is 17.0. The maximum absolute atomic E-state index is 4.90. The largest absolute Gasteiger partial charge is 0.256 e. The van der Waals surface area contributed by atoms with E-state index in [0.717, 1.165) is 22.2 Å². The lowest BCUT2D eigenvalue weighted by atomic mass is 9.99. The number of aromatic nitrogens is 2. The highest BCUT2D eigenvalue weighted by molar-refractivity contribution is 6.89. The Kier molecular flexibility index (Phi) is 4.15. The number of fused-ring (bicyclic) bond motifs is 3. The molecule has 0 bridgehead atoms. The number of rotatable bonds is 2. The van der Waals surface area contributed by atoms with Crippen molar-refractivity contribution in [2.75, 3.05) is 0 Å². The molecule has 2 heterocycles. The Morgan fingerprint density at radius 1 is 0.741 bits per heavy atom. The first kappa shape index (κ1) is 17.9. The minimum atomic E-state index is -1.39. The van der Waals surface area contributed by atoms with Crippen molar-refractivity contribution in [1.82, 2.24) is 9.97 Å². The van der Waals surface area contributed by atoms with Crippen molar-refractivity contribution < 1.29 is 0 Å². The fraction of sp³-hybridized carbons (Fsp3) is 0.250. The molecule has 27 heavy (non-hydrogen) atoms. The van der Waals surface area contributed by atoms with Crippen LogP contribution < -0.4 is 5.19 Å². The summed E-state index contributed by atoms with van der Waals surface area (Å²) in [5.74, 6) is 0. The third kappa shape index (κ3) is 3.06. The molecule has 0 atom stereocenters. The van der Waals surface area contributed by atoms with Gasteiger partial charge in [0.25, 0.3) is 0 Å². The van der Waals surface area contributed by atoms with Gasteiger partial charge in [0, 0.05) is 28.7 Å². The second-order valence-corrected chi connectivity index (χ2v) is 13.7. The van der Waals surface area contributed by atoms with Crippen LogP contribution in [-0.2, 0) is 0 Å². The van der Waals surface area contributed by atoms with Crippen molar-refractivity contribution in [1.29, 1.82) is 0 Å². The van der Waals surface area contributed by atoms with Gasteiger partial charge in [0.05, 0.1) is 19.3 Å². The van der Waals surface area contributed by atoms with E-state index in [2.05, 4.69) is 76.8 Å². The van der Waals surface area contributed by atoms with Crippen LogP contribution in [0.5, 0.6) is 0 Å². The smallest absolute Gasteiger partial charge is 0.0796 e. The molecule has 2 nitrogen and oxygen atoms in total. The van der Waals surface area contributed by atoms with Crippen molar-refractivity contribution in [3.63, 3.8) is 0 Å². The van der Waals surface area contributed by atoms with Gasteiger partial charge in [-0.1, -0.05) is 54.2 Å². The van der Waals surface area contributed by atoms with Gasteiger partial charge in [-0.25, -0.2) is 0 Å². The Hall–Kier alpha value is -2.52. The molecule has 0 aliphatic rings. The number of aryl methyl sites for hydroxylation is 3. The van der Waals surface area contributed by atoms with Gasteiger partial charge in [-0.3, -0.25) is 9.97 Å². The van der Waals surface area contributed by atoms with Gasteiger partial charge >= 0.3 is 0 Å². The molecule has 0 saturated heterocycles. The minimum absolute atomic E-state index is 1.01. The molecule has 136 valence electrons. The van der Waals surface area contributed by atoms with E-state index in [9.17, 15) is 0 Å². The van der Waals surface area contributed by atoms with Crippen LogP contribution in [-0.4, -0.2) is 18.0 Å². The van der Waals surface area contributed by atoms with E-state index in [1.807, 2.05) is 12.4 Å².